The number of aliphatic imine (C=N–C) groups is 1. The Morgan fingerprint density at radius 1 is 1.15 bits per heavy atom. The molecule has 0 bridgehead atoms. The molecule has 2 N–H and O–H groups in total. The SMILES string of the molecule is CCNC(=NCc1ccccc1COCC)NCCCn1cccn1.I. The highest BCUT2D eigenvalue weighted by molar-refractivity contribution is 14.0. The summed E-state index contributed by atoms with van der Waals surface area (Å²) in [5.41, 5.74) is 2.40. The maximum atomic E-state index is 5.54. The maximum absolute atomic E-state index is 5.54. The minimum absolute atomic E-state index is 0. The summed E-state index contributed by atoms with van der Waals surface area (Å²) in [7, 11) is 0. The van der Waals surface area contributed by atoms with E-state index in [1.165, 1.54) is 11.1 Å². The lowest BCUT2D eigenvalue weighted by Gasteiger charge is -2.12. The average molecular weight is 471 g/mol. The average Bonchev–Trinajstić information content (AvgIpc) is 3.15. The number of hydrogen-bond donors (Lipinski definition) is 2. The van der Waals surface area contributed by atoms with Crippen LogP contribution in [-0.2, 0) is 24.4 Å². The number of halogens is 1. The van der Waals surface area contributed by atoms with Crippen molar-refractivity contribution in [1.29, 1.82) is 0 Å². The summed E-state index contributed by atoms with van der Waals surface area (Å²) in [5.74, 6) is 0.842. The third-order valence-corrected chi connectivity index (χ3v) is 3.75. The van der Waals surface area contributed by atoms with Gasteiger partial charge in [-0.25, -0.2) is 4.99 Å². The van der Waals surface area contributed by atoms with Crippen LogP contribution in [0.25, 0.3) is 0 Å². The van der Waals surface area contributed by atoms with E-state index in [1.807, 2.05) is 36.0 Å². The predicted octanol–water partition coefficient (Wildman–Crippen LogP) is 3.18. The molecule has 0 fully saturated rings. The predicted molar refractivity (Wildman–Crippen MR) is 117 cm³/mol. The minimum Gasteiger partial charge on any atom is -0.377 e. The number of guanidine groups is 1. The van der Waals surface area contributed by atoms with Gasteiger partial charge in [-0.05, 0) is 37.5 Å². The van der Waals surface area contributed by atoms with E-state index in [0.717, 1.165) is 38.6 Å². The number of hydrogen-bond acceptors (Lipinski definition) is 3. The maximum Gasteiger partial charge on any atom is 0.191 e. The van der Waals surface area contributed by atoms with Crippen LogP contribution >= 0.6 is 24.0 Å². The molecular weight excluding hydrogens is 441 g/mol. The van der Waals surface area contributed by atoms with Crippen molar-refractivity contribution in [3.63, 3.8) is 0 Å². The van der Waals surface area contributed by atoms with Crippen molar-refractivity contribution < 1.29 is 4.74 Å². The number of benzene rings is 1. The highest BCUT2D eigenvalue weighted by Gasteiger charge is 2.03. The number of aromatic nitrogens is 2. The Hall–Kier alpha value is -1.61. The van der Waals surface area contributed by atoms with Crippen LogP contribution in [0.2, 0.25) is 0 Å². The highest BCUT2D eigenvalue weighted by Crippen LogP contribution is 2.11. The molecule has 1 aromatic heterocycles. The molecular formula is C19H30IN5O. The Balaban J connectivity index is 0.00000338. The molecule has 7 heteroatoms. The van der Waals surface area contributed by atoms with Gasteiger partial charge in [0, 0.05) is 38.6 Å². The monoisotopic (exact) mass is 471 g/mol. The molecule has 26 heavy (non-hydrogen) atoms. The van der Waals surface area contributed by atoms with Gasteiger partial charge in [-0.2, -0.15) is 5.10 Å². The first kappa shape index (κ1) is 22.4. The third-order valence-electron chi connectivity index (χ3n) is 3.75. The topological polar surface area (TPSA) is 63.5 Å². The summed E-state index contributed by atoms with van der Waals surface area (Å²) in [6.07, 6.45) is 4.78. The summed E-state index contributed by atoms with van der Waals surface area (Å²) in [6.45, 7) is 8.67. The first-order chi connectivity index (χ1) is 12.3. The van der Waals surface area contributed by atoms with Crippen molar-refractivity contribution in [1.82, 2.24) is 20.4 Å². The van der Waals surface area contributed by atoms with Crippen molar-refractivity contribution in [3.05, 3.63) is 53.9 Å². The lowest BCUT2D eigenvalue weighted by atomic mass is 10.1. The molecule has 0 aliphatic heterocycles. The molecule has 0 saturated heterocycles. The van der Waals surface area contributed by atoms with Gasteiger partial charge < -0.3 is 15.4 Å². The van der Waals surface area contributed by atoms with Gasteiger partial charge in [0.15, 0.2) is 5.96 Å². The van der Waals surface area contributed by atoms with Crippen molar-refractivity contribution in [3.8, 4) is 0 Å². The van der Waals surface area contributed by atoms with Gasteiger partial charge >= 0.3 is 0 Å². The van der Waals surface area contributed by atoms with E-state index in [2.05, 4.69) is 34.8 Å². The van der Waals surface area contributed by atoms with E-state index in [-0.39, 0.29) is 24.0 Å². The van der Waals surface area contributed by atoms with E-state index < -0.39 is 0 Å². The zero-order valence-electron chi connectivity index (χ0n) is 15.6. The smallest absolute Gasteiger partial charge is 0.191 e. The number of nitrogens with zero attached hydrogens (tertiary/aromatic N) is 3. The number of rotatable bonds is 10. The van der Waals surface area contributed by atoms with E-state index in [1.54, 1.807) is 6.20 Å². The quantitative estimate of drug-likeness (QED) is 0.242. The second-order valence-corrected chi connectivity index (χ2v) is 5.65. The molecule has 0 atom stereocenters. The zero-order chi connectivity index (χ0) is 17.7. The second kappa shape index (κ2) is 13.6. The van der Waals surface area contributed by atoms with Crippen LogP contribution in [0.1, 0.15) is 31.4 Å². The molecule has 1 heterocycles. The molecule has 0 radical (unpaired) electrons. The first-order valence-corrected chi connectivity index (χ1v) is 8.97. The van der Waals surface area contributed by atoms with Gasteiger partial charge in [-0.3, -0.25) is 4.68 Å². The summed E-state index contributed by atoms with van der Waals surface area (Å²) >= 11 is 0. The third kappa shape index (κ3) is 8.18. The fourth-order valence-corrected chi connectivity index (χ4v) is 2.45. The standard InChI is InChI=1S/C19H29N5O.HI/c1-3-20-19(21-11-7-13-24-14-8-12-23-24)22-15-17-9-5-6-10-18(17)16-25-4-2;/h5-6,8-10,12,14H,3-4,7,11,13,15-16H2,1-2H3,(H2,20,21,22);1H. The molecule has 2 aromatic rings. The van der Waals surface area contributed by atoms with E-state index >= 15 is 0 Å². The Bertz CT molecular complexity index is 631. The van der Waals surface area contributed by atoms with Crippen LogP contribution in [0, 0.1) is 0 Å². The van der Waals surface area contributed by atoms with Gasteiger partial charge in [0.2, 0.25) is 0 Å². The number of aryl methyl sites for hydroxylation is 1. The van der Waals surface area contributed by atoms with Gasteiger partial charge in [-0.1, -0.05) is 24.3 Å². The molecule has 0 aliphatic rings. The normalized spacial score (nSPS) is 11.1. The van der Waals surface area contributed by atoms with E-state index in [0.29, 0.717) is 13.2 Å². The van der Waals surface area contributed by atoms with Crippen molar-refractivity contribution in [2.24, 2.45) is 4.99 Å². The minimum atomic E-state index is 0. The Labute approximate surface area is 173 Å². The van der Waals surface area contributed by atoms with Crippen LogP contribution in [0.4, 0.5) is 0 Å². The molecule has 0 spiro atoms. The zero-order valence-corrected chi connectivity index (χ0v) is 18.0. The number of ether oxygens (including phenoxy) is 1. The van der Waals surface area contributed by atoms with Crippen LogP contribution in [0.15, 0.2) is 47.7 Å². The first-order valence-electron chi connectivity index (χ1n) is 8.97. The summed E-state index contributed by atoms with van der Waals surface area (Å²) in [4.78, 5) is 4.70. The Morgan fingerprint density at radius 3 is 2.65 bits per heavy atom. The van der Waals surface area contributed by atoms with E-state index in [9.17, 15) is 0 Å². The molecule has 0 amide bonds. The van der Waals surface area contributed by atoms with Crippen LogP contribution in [-0.4, -0.2) is 35.4 Å². The molecule has 0 saturated carbocycles. The van der Waals surface area contributed by atoms with Crippen LogP contribution in [0.3, 0.4) is 0 Å². The summed E-state index contributed by atoms with van der Waals surface area (Å²) in [6, 6.07) is 10.2. The van der Waals surface area contributed by atoms with Gasteiger partial charge in [0.05, 0.1) is 13.2 Å². The second-order valence-electron chi connectivity index (χ2n) is 5.65. The Kier molecular flexibility index (Phi) is 11.7. The van der Waals surface area contributed by atoms with Gasteiger partial charge in [0.25, 0.3) is 0 Å². The summed E-state index contributed by atoms with van der Waals surface area (Å²) < 4.78 is 7.48. The largest absolute Gasteiger partial charge is 0.377 e. The van der Waals surface area contributed by atoms with E-state index in [4.69, 9.17) is 9.73 Å². The molecule has 2 rings (SSSR count). The van der Waals surface area contributed by atoms with Gasteiger partial charge in [0.1, 0.15) is 0 Å². The number of nitrogens with one attached hydrogen (secondary N) is 2. The fraction of sp³-hybridized carbons (Fsp3) is 0.474. The van der Waals surface area contributed by atoms with Crippen LogP contribution in [0.5, 0.6) is 0 Å². The lowest BCUT2D eigenvalue weighted by Crippen LogP contribution is -2.38. The van der Waals surface area contributed by atoms with Crippen molar-refractivity contribution in [2.45, 2.75) is 40.0 Å². The van der Waals surface area contributed by atoms with Crippen molar-refractivity contribution in [2.75, 3.05) is 19.7 Å². The van der Waals surface area contributed by atoms with Crippen molar-refractivity contribution >= 4 is 29.9 Å². The molecule has 0 unspecified atom stereocenters. The summed E-state index contributed by atoms with van der Waals surface area (Å²) in [5, 5.41) is 10.9. The lowest BCUT2D eigenvalue weighted by molar-refractivity contribution is 0.133. The Morgan fingerprint density at radius 2 is 1.96 bits per heavy atom. The van der Waals surface area contributed by atoms with Crippen LogP contribution < -0.4 is 10.6 Å². The van der Waals surface area contributed by atoms with Gasteiger partial charge in [-0.15, -0.1) is 24.0 Å². The molecule has 6 nitrogen and oxygen atoms in total. The molecule has 0 aliphatic carbocycles. The highest BCUT2D eigenvalue weighted by atomic mass is 127. The molecule has 144 valence electrons. The molecule has 1 aromatic carbocycles. The fourth-order valence-electron chi connectivity index (χ4n) is 2.45.